The molecule has 0 atom stereocenters. The van der Waals surface area contributed by atoms with Crippen molar-refractivity contribution in [1.29, 1.82) is 0 Å². The molecule has 3 aromatic rings. The zero-order chi connectivity index (χ0) is 18.4. The molecule has 0 aliphatic carbocycles. The molecular formula is C18H18N6OS. The molecule has 0 saturated heterocycles. The number of hydrogen-bond acceptors (Lipinski definition) is 6. The van der Waals surface area contributed by atoms with E-state index in [9.17, 15) is 4.79 Å². The van der Waals surface area contributed by atoms with Crippen LogP contribution in [0.3, 0.4) is 0 Å². The highest BCUT2D eigenvalue weighted by Crippen LogP contribution is 2.36. The van der Waals surface area contributed by atoms with Crippen LogP contribution in [-0.4, -0.2) is 26.4 Å². The van der Waals surface area contributed by atoms with Crippen LogP contribution < -0.4 is 10.7 Å². The van der Waals surface area contributed by atoms with E-state index in [1.54, 1.807) is 11.3 Å². The van der Waals surface area contributed by atoms with Crippen molar-refractivity contribution in [2.24, 2.45) is 5.10 Å². The molecule has 2 aromatic heterocycles. The second-order valence-corrected chi connectivity index (χ2v) is 7.40. The van der Waals surface area contributed by atoms with E-state index in [0.717, 1.165) is 33.4 Å². The summed E-state index contributed by atoms with van der Waals surface area (Å²) in [6.45, 7) is 7.64. The maximum absolute atomic E-state index is 11.2. The lowest BCUT2D eigenvalue weighted by Gasteiger charge is -2.09. The van der Waals surface area contributed by atoms with Crippen molar-refractivity contribution in [2.75, 3.05) is 10.7 Å². The molecule has 26 heavy (non-hydrogen) atoms. The number of aromatic nitrogens is 3. The highest BCUT2D eigenvalue weighted by atomic mass is 32.1. The van der Waals surface area contributed by atoms with Crippen LogP contribution in [0, 0.1) is 20.8 Å². The molecule has 1 aromatic carbocycles. The van der Waals surface area contributed by atoms with Crippen LogP contribution in [0.25, 0.3) is 5.00 Å². The van der Waals surface area contributed by atoms with Crippen molar-refractivity contribution >= 4 is 34.6 Å². The van der Waals surface area contributed by atoms with Crippen molar-refractivity contribution in [1.82, 2.24) is 14.8 Å². The van der Waals surface area contributed by atoms with E-state index in [1.165, 1.54) is 17.4 Å². The quantitative estimate of drug-likeness (QED) is 0.728. The largest absolute Gasteiger partial charge is 0.326 e. The summed E-state index contributed by atoms with van der Waals surface area (Å²) in [6.07, 6.45) is 0. The number of fused-ring (bicyclic) bond motifs is 3. The van der Waals surface area contributed by atoms with Crippen LogP contribution in [0.1, 0.15) is 34.3 Å². The van der Waals surface area contributed by atoms with Gasteiger partial charge in [-0.1, -0.05) is 12.1 Å². The van der Waals surface area contributed by atoms with Gasteiger partial charge in [0.25, 0.3) is 0 Å². The number of nitrogens with one attached hydrogen (secondary N) is 2. The first-order valence-corrected chi connectivity index (χ1v) is 9.02. The Hall–Kier alpha value is -3.00. The Bertz CT molecular complexity index is 1040. The molecule has 4 rings (SSSR count). The van der Waals surface area contributed by atoms with E-state index in [0.29, 0.717) is 5.95 Å². The number of anilines is 2. The van der Waals surface area contributed by atoms with E-state index in [1.807, 2.05) is 35.8 Å². The summed E-state index contributed by atoms with van der Waals surface area (Å²) in [7, 11) is 0. The average molecular weight is 366 g/mol. The van der Waals surface area contributed by atoms with Gasteiger partial charge in [0.1, 0.15) is 16.5 Å². The predicted octanol–water partition coefficient (Wildman–Crippen LogP) is 3.39. The third-order valence-corrected chi connectivity index (χ3v) is 5.57. The van der Waals surface area contributed by atoms with Crippen molar-refractivity contribution in [3.05, 3.63) is 51.7 Å². The van der Waals surface area contributed by atoms with Crippen LogP contribution in [0.4, 0.5) is 11.6 Å². The molecular weight excluding hydrogens is 348 g/mol. The highest BCUT2D eigenvalue weighted by molar-refractivity contribution is 7.15. The third kappa shape index (κ3) is 2.59. The zero-order valence-corrected chi connectivity index (χ0v) is 15.7. The van der Waals surface area contributed by atoms with Crippen molar-refractivity contribution in [3.8, 4) is 5.00 Å². The normalized spacial score (nSPS) is 12.5. The summed E-state index contributed by atoms with van der Waals surface area (Å²) >= 11 is 1.71. The molecule has 132 valence electrons. The minimum Gasteiger partial charge on any atom is -0.326 e. The highest BCUT2D eigenvalue weighted by Gasteiger charge is 2.26. The lowest BCUT2D eigenvalue weighted by molar-refractivity contribution is -0.114. The van der Waals surface area contributed by atoms with Gasteiger partial charge < -0.3 is 5.32 Å². The molecule has 0 unspecified atom stereocenters. The zero-order valence-electron chi connectivity index (χ0n) is 14.9. The van der Waals surface area contributed by atoms with Crippen LogP contribution in [0.2, 0.25) is 0 Å². The fourth-order valence-electron chi connectivity index (χ4n) is 3.01. The number of thiophene rings is 1. The molecule has 3 heterocycles. The topological polar surface area (TPSA) is 84.2 Å². The number of carbonyl (C=O) groups excluding carboxylic acids is 1. The lowest BCUT2D eigenvalue weighted by atomic mass is 10.00. The van der Waals surface area contributed by atoms with Gasteiger partial charge in [-0.25, -0.2) is 5.43 Å². The minimum atomic E-state index is -0.0915. The van der Waals surface area contributed by atoms with Crippen molar-refractivity contribution in [2.45, 2.75) is 27.7 Å². The van der Waals surface area contributed by atoms with E-state index in [2.05, 4.69) is 39.9 Å². The summed E-state index contributed by atoms with van der Waals surface area (Å²) < 4.78 is 2.00. The Morgan fingerprint density at radius 3 is 2.58 bits per heavy atom. The average Bonchev–Trinajstić information content (AvgIpc) is 3.04. The fraction of sp³-hybridized carbons (Fsp3) is 0.222. The molecule has 0 saturated carbocycles. The summed E-state index contributed by atoms with van der Waals surface area (Å²) in [4.78, 5) is 12.5. The predicted molar refractivity (Wildman–Crippen MR) is 103 cm³/mol. The Kier molecular flexibility index (Phi) is 3.84. The molecule has 0 spiro atoms. The Morgan fingerprint density at radius 1 is 1.15 bits per heavy atom. The summed E-state index contributed by atoms with van der Waals surface area (Å²) in [5, 5.41) is 16.8. The van der Waals surface area contributed by atoms with Gasteiger partial charge in [-0.3, -0.25) is 9.36 Å². The van der Waals surface area contributed by atoms with Gasteiger partial charge >= 0.3 is 0 Å². The first kappa shape index (κ1) is 16.5. The Morgan fingerprint density at radius 2 is 1.88 bits per heavy atom. The van der Waals surface area contributed by atoms with Crippen LogP contribution >= 0.6 is 11.3 Å². The minimum absolute atomic E-state index is 0.0915. The Labute approximate surface area is 154 Å². The van der Waals surface area contributed by atoms with E-state index in [4.69, 9.17) is 0 Å². The summed E-state index contributed by atoms with van der Waals surface area (Å²) in [6, 6.07) is 7.68. The molecule has 7 nitrogen and oxygen atoms in total. The van der Waals surface area contributed by atoms with Crippen LogP contribution in [0.5, 0.6) is 0 Å². The van der Waals surface area contributed by atoms with Crippen LogP contribution in [0.15, 0.2) is 29.4 Å². The second kappa shape index (κ2) is 6.06. The van der Waals surface area contributed by atoms with Gasteiger partial charge in [0, 0.05) is 28.6 Å². The van der Waals surface area contributed by atoms with Crippen LogP contribution in [-0.2, 0) is 4.79 Å². The number of hydrazone groups is 1. The fourth-order valence-corrected chi connectivity index (χ4v) is 4.22. The van der Waals surface area contributed by atoms with E-state index in [-0.39, 0.29) is 5.91 Å². The summed E-state index contributed by atoms with van der Waals surface area (Å²) in [5.41, 5.74) is 7.88. The third-order valence-electron chi connectivity index (χ3n) is 4.38. The molecule has 1 amide bonds. The van der Waals surface area contributed by atoms with E-state index >= 15 is 0 Å². The lowest BCUT2D eigenvalue weighted by Crippen LogP contribution is -2.09. The maximum atomic E-state index is 11.2. The van der Waals surface area contributed by atoms with E-state index < -0.39 is 0 Å². The molecule has 1 aliphatic heterocycles. The maximum Gasteiger partial charge on any atom is 0.250 e. The monoisotopic (exact) mass is 366 g/mol. The number of hydrogen-bond donors (Lipinski definition) is 2. The molecule has 0 fully saturated rings. The van der Waals surface area contributed by atoms with Gasteiger partial charge in [-0.2, -0.15) is 5.10 Å². The summed E-state index contributed by atoms with van der Waals surface area (Å²) in [5.74, 6) is 1.33. The molecule has 1 aliphatic rings. The van der Waals surface area contributed by atoms with Gasteiger partial charge in [-0.05, 0) is 38.5 Å². The number of benzene rings is 1. The standard InChI is InChI=1S/C18H18N6OS/c1-9-10(2)26-17-15(9)16(21-23-18-22-20-11(3)24(17)18)13-5-7-14(8-6-13)19-12(4)25/h5-8H,1-4H3,(H,19,25)(H,22,23). The molecule has 8 heteroatoms. The second-order valence-electron chi connectivity index (χ2n) is 6.20. The van der Waals surface area contributed by atoms with Crippen molar-refractivity contribution < 1.29 is 4.79 Å². The number of carbonyl (C=O) groups is 1. The molecule has 0 radical (unpaired) electrons. The van der Waals surface area contributed by atoms with Crippen molar-refractivity contribution in [3.63, 3.8) is 0 Å². The molecule has 0 bridgehead atoms. The number of aryl methyl sites for hydroxylation is 2. The SMILES string of the molecule is CC(=O)Nc1ccc(C2=NNc3nnc(C)n3-c3sc(C)c(C)c32)cc1. The van der Waals surface area contributed by atoms with Gasteiger partial charge in [-0.15, -0.1) is 21.5 Å². The molecule has 2 N–H and O–H groups in total. The number of rotatable bonds is 2. The van der Waals surface area contributed by atoms with Gasteiger partial charge in [0.2, 0.25) is 11.9 Å². The number of amides is 1. The first-order valence-electron chi connectivity index (χ1n) is 8.20. The first-order chi connectivity index (χ1) is 12.5. The number of nitrogens with zero attached hydrogens (tertiary/aromatic N) is 4. The van der Waals surface area contributed by atoms with Gasteiger partial charge in [0.15, 0.2) is 0 Å². The Balaban J connectivity index is 1.86. The smallest absolute Gasteiger partial charge is 0.250 e. The van der Waals surface area contributed by atoms with Gasteiger partial charge in [0.05, 0.1) is 0 Å².